The summed E-state index contributed by atoms with van der Waals surface area (Å²) in [7, 11) is 0. The van der Waals surface area contributed by atoms with Gasteiger partial charge in [0.2, 0.25) is 5.95 Å². The Bertz CT molecular complexity index is 725. The van der Waals surface area contributed by atoms with Crippen LogP contribution in [0.2, 0.25) is 0 Å². The Labute approximate surface area is 135 Å². The highest BCUT2D eigenvalue weighted by atomic mass is 16.3. The molecule has 3 rings (SSSR count). The average molecular weight is 308 g/mol. The van der Waals surface area contributed by atoms with Crippen LogP contribution in [-0.2, 0) is 6.61 Å². The van der Waals surface area contributed by atoms with Crippen LogP contribution >= 0.6 is 0 Å². The number of aromatic nitrogens is 2. The Balaban J connectivity index is 1.84. The van der Waals surface area contributed by atoms with E-state index in [0.29, 0.717) is 23.4 Å². The van der Waals surface area contributed by atoms with Crippen LogP contribution in [0.25, 0.3) is 0 Å². The molecule has 1 unspecified atom stereocenters. The molecule has 1 aromatic heterocycles. The van der Waals surface area contributed by atoms with Crippen molar-refractivity contribution in [2.45, 2.75) is 20.0 Å². The Hall–Kier alpha value is -2.66. The molecule has 5 heteroatoms. The molecule has 1 heterocycles. The van der Waals surface area contributed by atoms with Crippen molar-refractivity contribution in [3.05, 3.63) is 66.0 Å². The van der Waals surface area contributed by atoms with Crippen molar-refractivity contribution in [1.29, 1.82) is 0 Å². The minimum absolute atomic E-state index is 0.130. The van der Waals surface area contributed by atoms with Crippen LogP contribution < -0.4 is 10.6 Å². The Morgan fingerprint density at radius 3 is 2.74 bits per heavy atom. The molecule has 0 saturated heterocycles. The third kappa shape index (κ3) is 3.96. The molecule has 118 valence electrons. The van der Waals surface area contributed by atoms with Crippen molar-refractivity contribution >= 4 is 17.5 Å². The van der Waals surface area contributed by atoms with Gasteiger partial charge in [0.1, 0.15) is 5.82 Å². The summed E-state index contributed by atoms with van der Waals surface area (Å²) in [5.41, 5.74) is 2.59. The van der Waals surface area contributed by atoms with E-state index in [1.807, 2.05) is 42.5 Å². The standard InChI is InChI=1S/C18H20N4O/c1-13-7-5-6-10-16(13)21-18-20-15(12-23)11-17(22-18)19-14-8-3-2-4-9-14/h2-6,8-11,13,23H,7,12H2,1H3,(H2,19,20,21,22). The van der Waals surface area contributed by atoms with Crippen molar-refractivity contribution in [1.82, 2.24) is 9.97 Å². The van der Waals surface area contributed by atoms with Crippen molar-refractivity contribution < 1.29 is 5.11 Å². The normalized spacial score (nSPS) is 16.8. The minimum Gasteiger partial charge on any atom is -0.390 e. The van der Waals surface area contributed by atoms with E-state index >= 15 is 0 Å². The second-order valence-corrected chi connectivity index (χ2v) is 5.53. The second kappa shape index (κ2) is 7.07. The minimum atomic E-state index is -0.130. The molecule has 0 aliphatic heterocycles. The van der Waals surface area contributed by atoms with Crippen molar-refractivity contribution in [3.63, 3.8) is 0 Å². The van der Waals surface area contributed by atoms with Gasteiger partial charge in [-0.1, -0.05) is 37.3 Å². The molecule has 1 atom stereocenters. The van der Waals surface area contributed by atoms with Crippen molar-refractivity contribution in [3.8, 4) is 0 Å². The van der Waals surface area contributed by atoms with Crippen LogP contribution in [0.3, 0.4) is 0 Å². The monoisotopic (exact) mass is 308 g/mol. The van der Waals surface area contributed by atoms with Gasteiger partial charge in [-0.05, 0) is 30.5 Å². The SMILES string of the molecule is CC1CC=CC=C1Nc1nc(CO)cc(Nc2ccccc2)n1. The number of benzene rings is 1. The highest BCUT2D eigenvalue weighted by Crippen LogP contribution is 2.22. The lowest BCUT2D eigenvalue weighted by molar-refractivity contribution is 0.277. The maximum absolute atomic E-state index is 9.44. The summed E-state index contributed by atoms with van der Waals surface area (Å²) in [6, 6.07) is 11.5. The molecule has 1 aliphatic carbocycles. The summed E-state index contributed by atoms with van der Waals surface area (Å²) in [6.07, 6.45) is 7.20. The van der Waals surface area contributed by atoms with Gasteiger partial charge < -0.3 is 15.7 Å². The third-order valence-corrected chi connectivity index (χ3v) is 3.68. The van der Waals surface area contributed by atoms with Gasteiger partial charge in [-0.25, -0.2) is 4.98 Å². The summed E-state index contributed by atoms with van der Waals surface area (Å²) < 4.78 is 0. The van der Waals surface area contributed by atoms with Crippen LogP contribution in [0.15, 0.2) is 60.3 Å². The number of nitrogens with zero attached hydrogens (tertiary/aromatic N) is 2. The van der Waals surface area contributed by atoms with Gasteiger partial charge in [-0.2, -0.15) is 4.98 Å². The zero-order valence-corrected chi connectivity index (χ0v) is 13.0. The topological polar surface area (TPSA) is 70.1 Å². The first-order valence-corrected chi connectivity index (χ1v) is 7.69. The fourth-order valence-electron chi connectivity index (χ4n) is 2.41. The lowest BCUT2D eigenvalue weighted by Crippen LogP contribution is -2.13. The van der Waals surface area contributed by atoms with Gasteiger partial charge in [0.05, 0.1) is 12.3 Å². The highest BCUT2D eigenvalue weighted by Gasteiger charge is 2.12. The first-order valence-electron chi connectivity index (χ1n) is 7.69. The molecule has 0 saturated carbocycles. The van der Waals surface area contributed by atoms with E-state index in [4.69, 9.17) is 0 Å². The summed E-state index contributed by atoms with van der Waals surface area (Å²) in [6.45, 7) is 2.02. The molecule has 2 aromatic rings. The smallest absolute Gasteiger partial charge is 0.229 e. The third-order valence-electron chi connectivity index (χ3n) is 3.68. The van der Waals surface area contributed by atoms with Gasteiger partial charge in [0.15, 0.2) is 0 Å². The zero-order valence-electron chi connectivity index (χ0n) is 13.0. The van der Waals surface area contributed by atoms with E-state index in [-0.39, 0.29) is 6.61 Å². The predicted octanol–water partition coefficient (Wildman–Crippen LogP) is 3.60. The molecule has 3 N–H and O–H groups in total. The van der Waals surface area contributed by atoms with Gasteiger partial charge in [-0.15, -0.1) is 0 Å². The molecule has 1 aliphatic rings. The average Bonchev–Trinajstić information content (AvgIpc) is 2.57. The van der Waals surface area contributed by atoms with E-state index in [1.54, 1.807) is 6.07 Å². The number of hydrogen-bond acceptors (Lipinski definition) is 5. The van der Waals surface area contributed by atoms with E-state index in [1.165, 1.54) is 0 Å². The van der Waals surface area contributed by atoms with E-state index in [0.717, 1.165) is 17.8 Å². The number of anilines is 3. The number of para-hydroxylation sites is 1. The fourth-order valence-corrected chi connectivity index (χ4v) is 2.41. The van der Waals surface area contributed by atoms with Crippen LogP contribution in [0, 0.1) is 5.92 Å². The molecule has 23 heavy (non-hydrogen) atoms. The number of rotatable bonds is 5. The summed E-state index contributed by atoms with van der Waals surface area (Å²) in [5.74, 6) is 1.53. The van der Waals surface area contributed by atoms with Crippen molar-refractivity contribution in [2.75, 3.05) is 10.6 Å². The predicted molar refractivity (Wildman–Crippen MR) is 92.3 cm³/mol. The lowest BCUT2D eigenvalue weighted by Gasteiger charge is -2.18. The Kier molecular flexibility index (Phi) is 4.68. The quantitative estimate of drug-likeness (QED) is 0.787. The van der Waals surface area contributed by atoms with Crippen LogP contribution in [0.4, 0.5) is 17.5 Å². The molecule has 5 nitrogen and oxygen atoms in total. The van der Waals surface area contributed by atoms with Gasteiger partial charge in [0.25, 0.3) is 0 Å². The number of aliphatic hydroxyl groups is 1. The maximum Gasteiger partial charge on any atom is 0.229 e. The molecule has 0 bridgehead atoms. The van der Waals surface area contributed by atoms with Crippen LogP contribution in [-0.4, -0.2) is 15.1 Å². The zero-order chi connectivity index (χ0) is 16.1. The van der Waals surface area contributed by atoms with Gasteiger partial charge in [0, 0.05) is 17.5 Å². The van der Waals surface area contributed by atoms with Gasteiger partial charge in [-0.3, -0.25) is 0 Å². The van der Waals surface area contributed by atoms with Crippen molar-refractivity contribution in [2.24, 2.45) is 5.92 Å². The molecular formula is C18H20N4O. The molecule has 0 amide bonds. The van der Waals surface area contributed by atoms with Crippen LogP contribution in [0.1, 0.15) is 19.0 Å². The van der Waals surface area contributed by atoms with E-state index < -0.39 is 0 Å². The summed E-state index contributed by atoms with van der Waals surface area (Å²) >= 11 is 0. The summed E-state index contributed by atoms with van der Waals surface area (Å²) in [4.78, 5) is 8.84. The largest absolute Gasteiger partial charge is 0.390 e. The molecule has 0 radical (unpaired) electrons. The molecule has 0 spiro atoms. The van der Waals surface area contributed by atoms with E-state index in [2.05, 4.69) is 33.6 Å². The molecular weight excluding hydrogens is 288 g/mol. The number of nitrogens with one attached hydrogen (secondary N) is 2. The molecule has 1 aromatic carbocycles. The van der Waals surface area contributed by atoms with Gasteiger partial charge >= 0.3 is 0 Å². The number of hydrogen-bond donors (Lipinski definition) is 3. The maximum atomic E-state index is 9.44. The molecule has 0 fully saturated rings. The van der Waals surface area contributed by atoms with Crippen LogP contribution in [0.5, 0.6) is 0 Å². The van der Waals surface area contributed by atoms with E-state index in [9.17, 15) is 5.11 Å². The Morgan fingerprint density at radius 2 is 2.00 bits per heavy atom. The number of allylic oxidation sites excluding steroid dienone is 4. The lowest BCUT2D eigenvalue weighted by atomic mass is 9.99. The first-order chi connectivity index (χ1) is 11.2. The first kappa shape index (κ1) is 15.2. The second-order valence-electron chi connectivity index (χ2n) is 5.53. The Morgan fingerprint density at radius 1 is 1.17 bits per heavy atom. The highest BCUT2D eigenvalue weighted by molar-refractivity contribution is 5.57. The summed E-state index contributed by atoms with van der Waals surface area (Å²) in [5, 5.41) is 15.9. The number of aliphatic hydroxyl groups excluding tert-OH is 1. The fraction of sp³-hybridized carbons (Fsp3) is 0.222.